The highest BCUT2D eigenvalue weighted by Crippen LogP contribution is 2.32. The first kappa shape index (κ1) is 61.2. The number of aliphatic carboxylic acids is 1. The zero-order valence-electron chi connectivity index (χ0n) is 43.9. The van der Waals surface area contributed by atoms with Crippen molar-refractivity contribution in [3.05, 3.63) is 65.7 Å². The maximum atomic E-state index is 14.6. The lowest BCUT2D eigenvalue weighted by atomic mass is 9.87. The predicted molar refractivity (Wildman–Crippen MR) is 264 cm³/mol. The zero-order valence-corrected chi connectivity index (χ0v) is 43.9. The molecule has 0 saturated carbocycles. The monoisotopic (exact) mass is 1020 g/mol. The molecule has 0 aliphatic carbocycles. The number of imide groups is 1. The molecule has 4 rings (SSSR count). The van der Waals surface area contributed by atoms with Crippen LogP contribution in [0.5, 0.6) is 5.75 Å². The molecule has 17 nitrogen and oxygen atoms in total. The van der Waals surface area contributed by atoms with Gasteiger partial charge in [-0.25, -0.2) is 9.86 Å². The summed E-state index contributed by atoms with van der Waals surface area (Å²) in [6.45, 7) is 15.2. The molecule has 2 aromatic carbocycles. The fraction of sp³-hybridized carbons (Fsp3) is 0.654. The lowest BCUT2D eigenvalue weighted by molar-refractivity contribution is -0.202. The number of benzene rings is 2. The number of ether oxygens (including phenoxy) is 3. The second kappa shape index (κ2) is 28.9. The Bertz CT molecular complexity index is 2040. The molecule has 2 saturated heterocycles. The number of nitrogens with two attached hydrogens (primary N) is 1. The molecule has 2 aromatic rings. The predicted octanol–water partition coefficient (Wildman–Crippen LogP) is 5.87. The number of hydrogen-bond acceptors (Lipinski definition) is 12. The Morgan fingerprint density at radius 1 is 0.861 bits per heavy atom. The molecule has 72 heavy (non-hydrogen) atoms. The number of carbonyl (C=O) groups excluding carboxylic acids is 5. The van der Waals surface area contributed by atoms with Gasteiger partial charge in [0, 0.05) is 46.8 Å². The molecule has 2 heterocycles. The van der Waals surface area contributed by atoms with E-state index in [1.54, 1.807) is 28.2 Å². The van der Waals surface area contributed by atoms with E-state index in [-0.39, 0.29) is 54.4 Å². The van der Waals surface area contributed by atoms with Gasteiger partial charge >= 0.3 is 12.1 Å². The number of carboxylic acid groups (broad SMARTS) is 1. The molecule has 2 aliphatic heterocycles. The number of methoxy groups -OCH3 is 2. The fourth-order valence-electron chi connectivity index (χ4n) is 9.40. The number of carboxylic acids is 1. The number of likely N-dealkylation sites (N-methyl/N-ethyl adjacent to an activating group) is 2. The van der Waals surface area contributed by atoms with E-state index in [9.17, 15) is 37.1 Å². The van der Waals surface area contributed by atoms with Gasteiger partial charge in [0.2, 0.25) is 23.6 Å². The Labute approximate surface area is 423 Å². The van der Waals surface area contributed by atoms with E-state index in [2.05, 4.69) is 19.2 Å². The average molecular weight is 1020 g/mol. The van der Waals surface area contributed by atoms with Gasteiger partial charge in [0.25, 0.3) is 5.91 Å². The Morgan fingerprint density at radius 2 is 1.49 bits per heavy atom. The van der Waals surface area contributed by atoms with Crippen LogP contribution < -0.4 is 15.8 Å². The molecule has 2 fully saturated rings. The van der Waals surface area contributed by atoms with Crippen LogP contribution in [0.4, 0.5) is 13.2 Å². The Hall–Kier alpha value is -5.15. The smallest absolute Gasteiger partial charge is 0.489 e. The van der Waals surface area contributed by atoms with E-state index in [1.807, 2.05) is 99.1 Å². The first-order valence-corrected chi connectivity index (χ1v) is 24.8. The zero-order chi connectivity index (χ0) is 54.0. The summed E-state index contributed by atoms with van der Waals surface area (Å²) in [4.78, 5) is 89.9. The number of amides is 5. The first-order valence-electron chi connectivity index (χ1n) is 24.8. The number of rotatable bonds is 23. The number of alkyl halides is 3. The number of likely N-dealkylation sites (tertiary alicyclic amines) is 1. The molecular formula is C52H79F3N6O11. The van der Waals surface area contributed by atoms with Crippen molar-refractivity contribution in [2.75, 3.05) is 48.0 Å². The third-order valence-electron chi connectivity index (χ3n) is 13.7. The number of hydrogen-bond donors (Lipinski definition) is 3. The maximum absolute atomic E-state index is 14.6. The molecule has 0 unspecified atom stereocenters. The van der Waals surface area contributed by atoms with Crippen molar-refractivity contribution in [2.45, 2.75) is 149 Å². The fourth-order valence-corrected chi connectivity index (χ4v) is 9.40. The van der Waals surface area contributed by atoms with Gasteiger partial charge in [0.05, 0.1) is 49.3 Å². The molecule has 2 aliphatic rings. The standard InChI is InChI=1S/C50H78N6O9.C2HF3O2/c1-12-34(6)45(54(9)44(33(4)5)48(59)52-47(58)43(51)32(2)3)41(62-10)30-42(57)55-26-18-21-39(55)46(63-11)35(7)49(60)53(8)40(50(61)56-27-16-17-28-65-56)29-36-22-24-38(25-23-36)64-31-37-19-14-13-15-20-37;3-2(4,5)1(6)7/h13-15,19-20,22-25,32-35,39-41,43-46H,12,16-18,21,26-31,51H2,1-11H3,(H,52,58,59);(H,6,7)/t34-,35+,39-,40-,41+,43-,44-,45-,46+;/m0./s1. The summed E-state index contributed by atoms with van der Waals surface area (Å²) >= 11 is 0. The molecule has 0 aromatic heterocycles. The van der Waals surface area contributed by atoms with Crippen molar-refractivity contribution in [2.24, 2.45) is 29.4 Å². The van der Waals surface area contributed by atoms with Crippen LogP contribution in [0.2, 0.25) is 0 Å². The van der Waals surface area contributed by atoms with Gasteiger partial charge in [-0.1, -0.05) is 97.4 Å². The molecule has 9 atom stereocenters. The maximum Gasteiger partial charge on any atom is 0.490 e. The van der Waals surface area contributed by atoms with Crippen LogP contribution in [-0.2, 0) is 56.1 Å². The minimum absolute atomic E-state index is 0.00611. The van der Waals surface area contributed by atoms with E-state index in [0.717, 1.165) is 36.8 Å². The van der Waals surface area contributed by atoms with E-state index in [0.29, 0.717) is 38.5 Å². The van der Waals surface area contributed by atoms with Crippen molar-refractivity contribution >= 4 is 35.5 Å². The summed E-state index contributed by atoms with van der Waals surface area (Å²) in [7, 11) is 6.64. The Balaban J connectivity index is 0.00000181. The van der Waals surface area contributed by atoms with Crippen LogP contribution >= 0.6 is 0 Å². The number of nitrogens with zero attached hydrogens (tertiary/aromatic N) is 4. The minimum Gasteiger partial charge on any atom is -0.489 e. The van der Waals surface area contributed by atoms with Crippen molar-refractivity contribution < 1.29 is 66.1 Å². The summed E-state index contributed by atoms with van der Waals surface area (Å²) in [6.07, 6.45) is -2.33. The van der Waals surface area contributed by atoms with E-state index in [4.69, 9.17) is 34.7 Å². The molecule has 0 bridgehead atoms. The molecule has 20 heteroatoms. The number of carbonyl (C=O) groups is 6. The van der Waals surface area contributed by atoms with E-state index < -0.39 is 66.3 Å². The first-order chi connectivity index (χ1) is 33.9. The highest BCUT2D eigenvalue weighted by molar-refractivity contribution is 6.00. The molecule has 0 radical (unpaired) electrons. The Morgan fingerprint density at radius 3 is 2.00 bits per heavy atom. The van der Waals surface area contributed by atoms with Crippen LogP contribution in [0.15, 0.2) is 54.6 Å². The Kier molecular flexibility index (Phi) is 24.6. The van der Waals surface area contributed by atoms with Crippen LogP contribution in [0.25, 0.3) is 0 Å². The van der Waals surface area contributed by atoms with Gasteiger partial charge in [-0.05, 0) is 73.7 Å². The van der Waals surface area contributed by atoms with Gasteiger partial charge in [0.15, 0.2) is 0 Å². The van der Waals surface area contributed by atoms with Crippen LogP contribution in [0, 0.1) is 23.7 Å². The summed E-state index contributed by atoms with van der Waals surface area (Å²) in [5.74, 6) is -4.80. The average Bonchev–Trinajstić information content (AvgIpc) is 3.84. The van der Waals surface area contributed by atoms with Gasteiger partial charge in [0.1, 0.15) is 18.4 Å². The summed E-state index contributed by atoms with van der Waals surface area (Å²) < 4.78 is 50.0. The van der Waals surface area contributed by atoms with Crippen molar-refractivity contribution in [3.63, 3.8) is 0 Å². The topological polar surface area (TPSA) is 211 Å². The van der Waals surface area contributed by atoms with E-state index >= 15 is 0 Å². The van der Waals surface area contributed by atoms with Crippen molar-refractivity contribution in [3.8, 4) is 5.75 Å². The summed E-state index contributed by atoms with van der Waals surface area (Å²) in [5.41, 5.74) is 7.99. The van der Waals surface area contributed by atoms with Crippen molar-refractivity contribution in [1.29, 1.82) is 0 Å². The minimum atomic E-state index is -5.08. The lowest BCUT2D eigenvalue weighted by Crippen LogP contribution is -2.60. The largest absolute Gasteiger partial charge is 0.490 e. The third-order valence-corrected chi connectivity index (χ3v) is 13.7. The van der Waals surface area contributed by atoms with Gasteiger partial charge in [-0.2, -0.15) is 13.2 Å². The highest BCUT2D eigenvalue weighted by Gasteiger charge is 2.45. The van der Waals surface area contributed by atoms with Gasteiger partial charge < -0.3 is 34.9 Å². The third kappa shape index (κ3) is 17.2. The quantitative estimate of drug-likeness (QED) is 0.119. The number of nitrogens with one attached hydrogen (secondary N) is 1. The van der Waals surface area contributed by atoms with Gasteiger partial charge in [-0.3, -0.25) is 39.0 Å². The molecular weight excluding hydrogens is 942 g/mol. The normalized spacial score (nSPS) is 18.5. The van der Waals surface area contributed by atoms with Crippen LogP contribution in [0.3, 0.4) is 0 Å². The number of halogens is 3. The van der Waals surface area contributed by atoms with Crippen molar-refractivity contribution in [1.82, 2.24) is 25.1 Å². The lowest BCUT2D eigenvalue weighted by Gasteiger charge is -2.43. The number of hydroxylamine groups is 2. The second-order valence-corrected chi connectivity index (χ2v) is 19.5. The molecule has 4 N–H and O–H groups in total. The van der Waals surface area contributed by atoms with Crippen LogP contribution in [-0.4, -0.2) is 157 Å². The second-order valence-electron chi connectivity index (χ2n) is 19.5. The molecule has 404 valence electrons. The molecule has 5 amide bonds. The SMILES string of the molecule is CC[C@H](C)[C@@H]([C@@H](CC(=O)N1CCC[C@H]1[C@H](OC)[C@@H](C)C(=O)N(C)[C@@H](Cc1ccc(OCc2ccccc2)cc1)C(=O)N1CCCCO1)OC)N(C)[C@H](C(=O)NC(=O)[C@@H](N)C(C)C)C(C)C.O=C(O)C(F)(F)F. The van der Waals surface area contributed by atoms with Crippen LogP contribution in [0.1, 0.15) is 98.1 Å². The van der Waals surface area contributed by atoms with E-state index in [1.165, 1.54) is 9.96 Å². The highest BCUT2D eigenvalue weighted by atomic mass is 19.4. The summed E-state index contributed by atoms with van der Waals surface area (Å²) in [6, 6.07) is 14.3. The molecule has 0 spiro atoms. The summed E-state index contributed by atoms with van der Waals surface area (Å²) in [5, 5.41) is 11.1. The van der Waals surface area contributed by atoms with Gasteiger partial charge in [-0.15, -0.1) is 0 Å².